The predicted octanol–water partition coefficient (Wildman–Crippen LogP) is 1.96. The van der Waals surface area contributed by atoms with Gasteiger partial charge in [0, 0.05) is 17.4 Å². The zero-order valence-electron chi connectivity index (χ0n) is 8.44. The SMILES string of the molecule is Cc1ccn(Cc2ccc(N)cc2F)n1. The third kappa shape index (κ3) is 2.15. The van der Waals surface area contributed by atoms with Crippen molar-refractivity contribution in [2.45, 2.75) is 13.5 Å². The van der Waals surface area contributed by atoms with Crippen LogP contribution in [0.1, 0.15) is 11.3 Å². The van der Waals surface area contributed by atoms with Crippen molar-refractivity contribution >= 4 is 5.69 Å². The number of hydrogen-bond acceptors (Lipinski definition) is 2. The van der Waals surface area contributed by atoms with Gasteiger partial charge in [-0.25, -0.2) is 4.39 Å². The van der Waals surface area contributed by atoms with Crippen LogP contribution in [0.5, 0.6) is 0 Å². The molecule has 0 saturated carbocycles. The topological polar surface area (TPSA) is 43.8 Å². The molecule has 78 valence electrons. The molecular weight excluding hydrogens is 193 g/mol. The molecule has 0 atom stereocenters. The molecule has 1 aromatic carbocycles. The molecule has 4 heteroatoms. The van der Waals surface area contributed by atoms with Gasteiger partial charge in [-0.15, -0.1) is 0 Å². The molecule has 0 spiro atoms. The van der Waals surface area contributed by atoms with E-state index in [1.165, 1.54) is 6.07 Å². The molecule has 2 aromatic rings. The quantitative estimate of drug-likeness (QED) is 0.761. The molecule has 0 amide bonds. The number of aryl methyl sites for hydroxylation is 1. The standard InChI is InChI=1S/C11H12FN3/c1-8-4-5-15(14-8)7-9-2-3-10(13)6-11(9)12/h2-6H,7,13H2,1H3. The Morgan fingerprint density at radius 3 is 2.80 bits per heavy atom. The van der Waals surface area contributed by atoms with Crippen LogP contribution in [0.4, 0.5) is 10.1 Å². The summed E-state index contributed by atoms with van der Waals surface area (Å²) in [6, 6.07) is 6.58. The summed E-state index contributed by atoms with van der Waals surface area (Å²) in [5.74, 6) is -0.289. The second-order valence-electron chi connectivity index (χ2n) is 3.51. The van der Waals surface area contributed by atoms with E-state index < -0.39 is 0 Å². The first-order valence-electron chi connectivity index (χ1n) is 4.69. The number of nitrogen functional groups attached to an aromatic ring is 1. The van der Waals surface area contributed by atoms with Crippen molar-refractivity contribution in [1.82, 2.24) is 9.78 Å². The van der Waals surface area contributed by atoms with Crippen LogP contribution in [0.25, 0.3) is 0 Å². The number of rotatable bonds is 2. The first-order valence-corrected chi connectivity index (χ1v) is 4.69. The van der Waals surface area contributed by atoms with Crippen molar-refractivity contribution in [3.63, 3.8) is 0 Å². The van der Waals surface area contributed by atoms with Crippen LogP contribution in [0.3, 0.4) is 0 Å². The lowest BCUT2D eigenvalue weighted by atomic mass is 10.2. The minimum atomic E-state index is -0.289. The molecule has 0 aliphatic heterocycles. The molecule has 0 fully saturated rings. The lowest BCUT2D eigenvalue weighted by molar-refractivity contribution is 0.584. The molecule has 2 rings (SSSR count). The van der Waals surface area contributed by atoms with E-state index in [0.29, 0.717) is 17.8 Å². The van der Waals surface area contributed by atoms with Gasteiger partial charge < -0.3 is 5.73 Å². The Balaban J connectivity index is 2.24. The number of nitrogens with two attached hydrogens (primary N) is 1. The third-order valence-corrected chi connectivity index (χ3v) is 2.18. The Labute approximate surface area is 87.3 Å². The molecule has 0 aliphatic carbocycles. The Morgan fingerprint density at radius 2 is 2.20 bits per heavy atom. The van der Waals surface area contributed by atoms with Crippen molar-refractivity contribution in [2.75, 3.05) is 5.73 Å². The molecule has 1 heterocycles. The van der Waals surface area contributed by atoms with E-state index in [4.69, 9.17) is 5.73 Å². The number of halogens is 1. The molecule has 0 aliphatic rings. The van der Waals surface area contributed by atoms with E-state index in [0.717, 1.165) is 5.69 Å². The lowest BCUT2D eigenvalue weighted by Crippen LogP contribution is -2.03. The first kappa shape index (κ1) is 9.71. The van der Waals surface area contributed by atoms with E-state index in [2.05, 4.69) is 5.10 Å². The van der Waals surface area contributed by atoms with Gasteiger partial charge in [0.25, 0.3) is 0 Å². The molecule has 15 heavy (non-hydrogen) atoms. The van der Waals surface area contributed by atoms with Gasteiger partial charge in [-0.05, 0) is 25.1 Å². The Bertz CT molecular complexity index is 476. The van der Waals surface area contributed by atoms with E-state index >= 15 is 0 Å². The molecular formula is C11H12FN3. The highest BCUT2D eigenvalue weighted by molar-refractivity contribution is 5.40. The smallest absolute Gasteiger partial charge is 0.130 e. The van der Waals surface area contributed by atoms with E-state index in [1.807, 2.05) is 19.2 Å². The van der Waals surface area contributed by atoms with Gasteiger partial charge in [-0.3, -0.25) is 4.68 Å². The fraction of sp³-hybridized carbons (Fsp3) is 0.182. The van der Waals surface area contributed by atoms with E-state index in [-0.39, 0.29) is 5.82 Å². The Kier molecular flexibility index (Phi) is 2.41. The zero-order valence-corrected chi connectivity index (χ0v) is 8.44. The summed E-state index contributed by atoms with van der Waals surface area (Å²) in [7, 11) is 0. The fourth-order valence-corrected chi connectivity index (χ4v) is 1.42. The monoisotopic (exact) mass is 205 g/mol. The largest absolute Gasteiger partial charge is 0.399 e. The summed E-state index contributed by atoms with van der Waals surface area (Å²) in [4.78, 5) is 0. The van der Waals surface area contributed by atoms with Crippen molar-refractivity contribution in [2.24, 2.45) is 0 Å². The third-order valence-electron chi connectivity index (χ3n) is 2.18. The van der Waals surface area contributed by atoms with E-state index in [1.54, 1.807) is 16.8 Å². The Hall–Kier alpha value is -1.84. The van der Waals surface area contributed by atoms with Crippen molar-refractivity contribution in [3.8, 4) is 0 Å². The summed E-state index contributed by atoms with van der Waals surface area (Å²) >= 11 is 0. The minimum Gasteiger partial charge on any atom is -0.399 e. The number of anilines is 1. The maximum Gasteiger partial charge on any atom is 0.130 e. The van der Waals surface area contributed by atoms with Gasteiger partial charge in [-0.1, -0.05) is 6.07 Å². The van der Waals surface area contributed by atoms with E-state index in [9.17, 15) is 4.39 Å². The van der Waals surface area contributed by atoms with Crippen LogP contribution < -0.4 is 5.73 Å². The molecule has 0 bridgehead atoms. The van der Waals surface area contributed by atoms with Gasteiger partial charge in [0.05, 0.1) is 12.2 Å². The lowest BCUT2D eigenvalue weighted by Gasteiger charge is -2.04. The first-order chi connectivity index (χ1) is 7.15. The summed E-state index contributed by atoms with van der Waals surface area (Å²) < 4.78 is 15.1. The van der Waals surface area contributed by atoms with Gasteiger partial charge in [0.15, 0.2) is 0 Å². The maximum absolute atomic E-state index is 13.4. The molecule has 0 radical (unpaired) electrons. The van der Waals surface area contributed by atoms with Crippen LogP contribution in [-0.4, -0.2) is 9.78 Å². The van der Waals surface area contributed by atoms with Gasteiger partial charge in [0.1, 0.15) is 5.82 Å². The highest BCUT2D eigenvalue weighted by Gasteiger charge is 2.03. The normalized spacial score (nSPS) is 10.5. The molecule has 2 N–H and O–H groups in total. The van der Waals surface area contributed by atoms with Crippen molar-refractivity contribution in [1.29, 1.82) is 0 Å². The minimum absolute atomic E-state index is 0.289. The number of hydrogen-bond donors (Lipinski definition) is 1. The van der Waals surface area contributed by atoms with Crippen molar-refractivity contribution in [3.05, 3.63) is 47.5 Å². The van der Waals surface area contributed by atoms with Crippen molar-refractivity contribution < 1.29 is 4.39 Å². The van der Waals surface area contributed by atoms with Crippen LogP contribution in [0.15, 0.2) is 30.5 Å². The summed E-state index contributed by atoms with van der Waals surface area (Å²) in [5, 5.41) is 4.19. The molecule has 3 nitrogen and oxygen atoms in total. The van der Waals surface area contributed by atoms with Gasteiger partial charge >= 0.3 is 0 Å². The average Bonchev–Trinajstić information content (AvgIpc) is 2.56. The van der Waals surface area contributed by atoms with Gasteiger partial charge in [0.2, 0.25) is 0 Å². The van der Waals surface area contributed by atoms with Crippen LogP contribution in [0.2, 0.25) is 0 Å². The Morgan fingerprint density at radius 1 is 1.40 bits per heavy atom. The summed E-state index contributed by atoms with van der Waals surface area (Å²) in [6.45, 7) is 2.33. The average molecular weight is 205 g/mol. The molecule has 0 saturated heterocycles. The van der Waals surface area contributed by atoms with Crippen LogP contribution in [-0.2, 0) is 6.54 Å². The number of aromatic nitrogens is 2. The fourth-order valence-electron chi connectivity index (χ4n) is 1.42. The number of nitrogens with zero attached hydrogens (tertiary/aromatic N) is 2. The molecule has 0 unspecified atom stereocenters. The second kappa shape index (κ2) is 3.73. The number of benzene rings is 1. The summed E-state index contributed by atoms with van der Waals surface area (Å²) in [6.07, 6.45) is 1.82. The summed E-state index contributed by atoms with van der Waals surface area (Å²) in [5.41, 5.74) is 7.41. The zero-order chi connectivity index (χ0) is 10.8. The maximum atomic E-state index is 13.4. The molecule has 1 aromatic heterocycles. The van der Waals surface area contributed by atoms with Crippen LogP contribution >= 0.6 is 0 Å². The predicted molar refractivity (Wildman–Crippen MR) is 56.9 cm³/mol. The van der Waals surface area contributed by atoms with Gasteiger partial charge in [-0.2, -0.15) is 5.10 Å². The highest BCUT2D eigenvalue weighted by Crippen LogP contribution is 2.12. The second-order valence-corrected chi connectivity index (χ2v) is 3.51. The van der Waals surface area contributed by atoms with Crippen LogP contribution in [0, 0.1) is 12.7 Å². The highest BCUT2D eigenvalue weighted by atomic mass is 19.1.